The molecular formula is C32H41N5O5. The molecule has 10 heteroatoms. The van der Waals surface area contributed by atoms with E-state index in [1.54, 1.807) is 29.0 Å². The summed E-state index contributed by atoms with van der Waals surface area (Å²) in [5.41, 5.74) is 2.96. The van der Waals surface area contributed by atoms with Crippen LogP contribution >= 0.6 is 0 Å². The Morgan fingerprint density at radius 1 is 1.10 bits per heavy atom. The molecule has 1 aliphatic rings. The van der Waals surface area contributed by atoms with Crippen LogP contribution in [0, 0.1) is 0 Å². The van der Waals surface area contributed by atoms with Crippen LogP contribution in [0.2, 0.25) is 0 Å². The number of unbranched alkanes of at least 4 members (excludes halogenated alkanes) is 1. The predicted molar refractivity (Wildman–Crippen MR) is 162 cm³/mol. The zero-order chi connectivity index (χ0) is 29.7. The molecule has 4 rings (SSSR count). The van der Waals surface area contributed by atoms with Crippen molar-refractivity contribution < 1.29 is 19.4 Å². The molecule has 0 spiro atoms. The van der Waals surface area contributed by atoms with E-state index in [-0.39, 0.29) is 24.3 Å². The SMILES string of the molecule is COc1ccccc1CC(=O)NC(CCN(CCCCc1ccc2c(n1)NCCC2)CCn1ccccc1=O)C(=O)O. The van der Waals surface area contributed by atoms with Crippen molar-refractivity contribution in [1.29, 1.82) is 0 Å². The van der Waals surface area contributed by atoms with Crippen LogP contribution in [0.5, 0.6) is 5.75 Å². The molecule has 224 valence electrons. The summed E-state index contributed by atoms with van der Waals surface area (Å²) in [6.07, 6.45) is 6.92. The molecule has 3 aromatic rings. The molecule has 3 N–H and O–H groups in total. The number of para-hydroxylation sites is 1. The lowest BCUT2D eigenvalue weighted by Crippen LogP contribution is -2.44. The van der Waals surface area contributed by atoms with E-state index in [1.165, 1.54) is 18.7 Å². The summed E-state index contributed by atoms with van der Waals surface area (Å²) in [5, 5.41) is 15.9. The number of carbonyl (C=O) groups is 2. The van der Waals surface area contributed by atoms with E-state index in [0.717, 1.165) is 56.7 Å². The Morgan fingerprint density at radius 3 is 2.74 bits per heavy atom. The topological polar surface area (TPSA) is 126 Å². The first kappa shape index (κ1) is 30.8. The van der Waals surface area contributed by atoms with Gasteiger partial charge in [0.25, 0.3) is 5.56 Å². The van der Waals surface area contributed by atoms with Crippen molar-refractivity contribution >= 4 is 17.7 Å². The third-order valence-corrected chi connectivity index (χ3v) is 7.58. The number of aryl methyl sites for hydroxylation is 2. The fraction of sp³-hybridized carbons (Fsp3) is 0.438. The van der Waals surface area contributed by atoms with Crippen LogP contribution in [0.4, 0.5) is 5.82 Å². The number of anilines is 1. The first-order valence-corrected chi connectivity index (χ1v) is 14.7. The van der Waals surface area contributed by atoms with Gasteiger partial charge >= 0.3 is 5.97 Å². The number of pyridine rings is 2. The lowest BCUT2D eigenvalue weighted by atomic mass is 10.1. The molecule has 42 heavy (non-hydrogen) atoms. The Hall–Kier alpha value is -4.18. The molecule has 0 aliphatic carbocycles. The number of aromatic nitrogens is 2. The number of hydrogen-bond donors (Lipinski definition) is 3. The van der Waals surface area contributed by atoms with Crippen LogP contribution in [-0.2, 0) is 35.4 Å². The number of amides is 1. The summed E-state index contributed by atoms with van der Waals surface area (Å²) in [6.45, 7) is 3.25. The van der Waals surface area contributed by atoms with Crippen molar-refractivity contribution in [3.8, 4) is 5.75 Å². The van der Waals surface area contributed by atoms with E-state index in [9.17, 15) is 19.5 Å². The quantitative estimate of drug-likeness (QED) is 0.223. The van der Waals surface area contributed by atoms with Gasteiger partial charge in [0.05, 0.1) is 13.5 Å². The Morgan fingerprint density at radius 2 is 1.93 bits per heavy atom. The maximum atomic E-state index is 12.7. The Balaban J connectivity index is 1.32. The van der Waals surface area contributed by atoms with Gasteiger partial charge in [-0.3, -0.25) is 9.59 Å². The molecular weight excluding hydrogens is 534 g/mol. The lowest BCUT2D eigenvalue weighted by Gasteiger charge is -2.25. The monoisotopic (exact) mass is 575 g/mol. The first-order valence-electron chi connectivity index (χ1n) is 14.7. The van der Waals surface area contributed by atoms with Crippen LogP contribution in [0.25, 0.3) is 0 Å². The van der Waals surface area contributed by atoms with Gasteiger partial charge in [-0.1, -0.05) is 30.3 Å². The highest BCUT2D eigenvalue weighted by Crippen LogP contribution is 2.20. The number of carboxylic acids is 1. The number of ether oxygens (including phenoxy) is 1. The molecule has 0 fully saturated rings. The molecule has 0 saturated carbocycles. The number of methoxy groups -OCH3 is 1. The molecule has 0 saturated heterocycles. The standard InChI is InChI=1S/C32H41N5O5/c1-42-28-12-3-2-9-25(28)23-29(38)35-27(32(40)41)16-20-36(21-22-37-19-7-5-13-30(37)39)18-6-4-11-26-15-14-24-10-8-17-33-31(24)34-26/h2-3,5,7,9,12-15,19,27H,4,6,8,10-11,16-18,20-23H2,1H3,(H,33,34)(H,35,38)(H,40,41). The van der Waals surface area contributed by atoms with E-state index >= 15 is 0 Å². The molecule has 3 heterocycles. The van der Waals surface area contributed by atoms with Gasteiger partial charge in [0.1, 0.15) is 17.6 Å². The van der Waals surface area contributed by atoms with Crippen molar-refractivity contribution in [3.63, 3.8) is 0 Å². The van der Waals surface area contributed by atoms with Gasteiger partial charge in [0.2, 0.25) is 5.91 Å². The van der Waals surface area contributed by atoms with Crippen molar-refractivity contribution in [2.45, 2.75) is 57.5 Å². The van der Waals surface area contributed by atoms with Gasteiger partial charge in [0.15, 0.2) is 0 Å². The second-order valence-corrected chi connectivity index (χ2v) is 10.6. The summed E-state index contributed by atoms with van der Waals surface area (Å²) in [6, 6.07) is 15.5. The summed E-state index contributed by atoms with van der Waals surface area (Å²) in [7, 11) is 1.54. The Labute approximate surface area is 246 Å². The minimum atomic E-state index is -1.07. The molecule has 1 amide bonds. The molecule has 1 aromatic carbocycles. The summed E-state index contributed by atoms with van der Waals surface area (Å²) < 4.78 is 6.97. The van der Waals surface area contributed by atoms with Crippen LogP contribution < -0.4 is 20.9 Å². The fourth-order valence-electron chi connectivity index (χ4n) is 5.22. The van der Waals surface area contributed by atoms with Gasteiger partial charge in [-0.05, 0) is 68.8 Å². The molecule has 0 radical (unpaired) electrons. The number of carboxylic acid groups (broad SMARTS) is 1. The van der Waals surface area contributed by atoms with Crippen molar-refractivity contribution in [3.05, 3.63) is 88.0 Å². The highest BCUT2D eigenvalue weighted by atomic mass is 16.5. The number of benzene rings is 1. The van der Waals surface area contributed by atoms with E-state index in [2.05, 4.69) is 27.7 Å². The number of hydrogen-bond acceptors (Lipinski definition) is 7. The molecule has 2 aromatic heterocycles. The highest BCUT2D eigenvalue weighted by Gasteiger charge is 2.22. The maximum Gasteiger partial charge on any atom is 0.326 e. The van der Waals surface area contributed by atoms with Crippen LogP contribution in [-0.4, -0.2) is 70.8 Å². The number of fused-ring (bicyclic) bond motifs is 1. The largest absolute Gasteiger partial charge is 0.496 e. The van der Waals surface area contributed by atoms with Gasteiger partial charge in [-0.15, -0.1) is 0 Å². The average molecular weight is 576 g/mol. The molecule has 1 aliphatic heterocycles. The second-order valence-electron chi connectivity index (χ2n) is 10.6. The number of nitrogens with zero attached hydrogens (tertiary/aromatic N) is 3. The first-order chi connectivity index (χ1) is 20.4. The normalized spacial score (nSPS) is 13.2. The number of aliphatic carboxylic acids is 1. The summed E-state index contributed by atoms with van der Waals surface area (Å²) >= 11 is 0. The summed E-state index contributed by atoms with van der Waals surface area (Å²) in [5.74, 6) is 0.140. The number of rotatable bonds is 16. The Bertz CT molecular complexity index is 1390. The van der Waals surface area contributed by atoms with Crippen molar-refractivity contribution in [1.82, 2.24) is 19.8 Å². The van der Waals surface area contributed by atoms with E-state index in [0.29, 0.717) is 30.9 Å². The van der Waals surface area contributed by atoms with Gasteiger partial charge in [-0.25, -0.2) is 9.78 Å². The van der Waals surface area contributed by atoms with Gasteiger partial charge < -0.3 is 29.9 Å². The fourth-order valence-corrected chi connectivity index (χ4v) is 5.22. The Kier molecular flexibility index (Phi) is 11.5. The third kappa shape index (κ3) is 9.17. The van der Waals surface area contributed by atoms with E-state index < -0.39 is 12.0 Å². The van der Waals surface area contributed by atoms with E-state index in [1.807, 2.05) is 18.2 Å². The maximum absolute atomic E-state index is 12.7. The molecule has 10 nitrogen and oxygen atoms in total. The lowest BCUT2D eigenvalue weighted by molar-refractivity contribution is -0.142. The second kappa shape index (κ2) is 15.7. The highest BCUT2D eigenvalue weighted by molar-refractivity contribution is 5.85. The number of carbonyl (C=O) groups excluding carboxylic acids is 1. The van der Waals surface area contributed by atoms with E-state index in [4.69, 9.17) is 9.72 Å². The minimum Gasteiger partial charge on any atom is -0.496 e. The van der Waals surface area contributed by atoms with Crippen molar-refractivity contribution in [2.24, 2.45) is 0 Å². The van der Waals surface area contributed by atoms with Crippen LogP contribution in [0.15, 0.2) is 65.6 Å². The zero-order valence-corrected chi connectivity index (χ0v) is 24.3. The smallest absolute Gasteiger partial charge is 0.326 e. The zero-order valence-electron chi connectivity index (χ0n) is 24.3. The van der Waals surface area contributed by atoms with Crippen LogP contribution in [0.3, 0.4) is 0 Å². The van der Waals surface area contributed by atoms with Crippen molar-refractivity contribution in [2.75, 3.05) is 38.6 Å². The number of nitrogens with one attached hydrogen (secondary N) is 2. The molecule has 0 bridgehead atoms. The molecule has 1 atom stereocenters. The summed E-state index contributed by atoms with van der Waals surface area (Å²) in [4.78, 5) is 44.0. The molecule has 1 unspecified atom stereocenters. The van der Waals surface area contributed by atoms with Crippen LogP contribution in [0.1, 0.15) is 42.5 Å². The average Bonchev–Trinajstić information content (AvgIpc) is 3.00. The minimum absolute atomic E-state index is 0.0285. The van der Waals surface area contributed by atoms with Gasteiger partial charge in [0, 0.05) is 49.7 Å². The predicted octanol–water partition coefficient (Wildman–Crippen LogP) is 3.14. The third-order valence-electron chi connectivity index (χ3n) is 7.58. The van der Waals surface area contributed by atoms with Gasteiger partial charge in [-0.2, -0.15) is 0 Å².